The predicted octanol–water partition coefficient (Wildman–Crippen LogP) is 7.23. The molecule has 0 bridgehead atoms. The van der Waals surface area contributed by atoms with Crippen LogP contribution in [-0.4, -0.2) is 144 Å². The Kier molecular flexibility index (Phi) is 16.2. The number of H-pyrrole nitrogens is 2. The largest absolute Gasteiger partial charge is 0.393 e. The van der Waals surface area contributed by atoms with Gasteiger partial charge in [0.05, 0.1) is 71.3 Å². The SMILES string of the molecule is CN/C=C(\C=N)c1cc(C(=O)/N=c2\[nH]c3ccc(CN4CCN(C)CC4)cc3n2C2CCCCC2)cc(CO[C@H]2CC[C@@H](n3/c(=N/C(=O)c4cc(C)nc(-c5cnn(C)c5)c4)[nH]c4ccc(CN5CCOCC5)cc43)CC2)n1. The Hall–Kier alpha value is -7.16. The van der Waals surface area contributed by atoms with Gasteiger partial charge in [-0.1, -0.05) is 31.4 Å². The van der Waals surface area contributed by atoms with Gasteiger partial charge in [0.2, 0.25) is 11.2 Å². The molecule has 2 aromatic carbocycles. The maximum Gasteiger partial charge on any atom is 0.280 e. The molecule has 2 saturated heterocycles. The first-order valence-corrected chi connectivity index (χ1v) is 27.9. The average molecular weight is 1060 g/mol. The van der Waals surface area contributed by atoms with Crippen molar-refractivity contribution in [3.8, 4) is 11.3 Å². The number of allylic oxidation sites excluding steroid dienone is 1. The fourth-order valence-corrected chi connectivity index (χ4v) is 11.8. The molecule has 2 amide bonds. The van der Waals surface area contributed by atoms with Crippen LogP contribution in [0.2, 0.25) is 0 Å². The van der Waals surface area contributed by atoms with Crippen LogP contribution in [-0.2, 0) is 36.2 Å². The van der Waals surface area contributed by atoms with E-state index >= 15 is 0 Å². The lowest BCUT2D eigenvalue weighted by molar-refractivity contribution is 0.00690. The first-order valence-electron chi connectivity index (χ1n) is 27.9. The molecule has 4 fully saturated rings. The van der Waals surface area contributed by atoms with Crippen molar-refractivity contribution >= 4 is 45.7 Å². The number of piperazine rings is 1. The molecule has 19 nitrogen and oxygen atoms in total. The number of hydrogen-bond acceptors (Lipinski definition) is 12. The van der Waals surface area contributed by atoms with Gasteiger partial charge in [0.25, 0.3) is 11.8 Å². The highest BCUT2D eigenvalue weighted by atomic mass is 16.5. The number of rotatable bonds is 15. The van der Waals surface area contributed by atoms with Crippen molar-refractivity contribution < 1.29 is 19.1 Å². The zero-order valence-corrected chi connectivity index (χ0v) is 45.5. The zero-order chi connectivity index (χ0) is 53.7. The molecule has 2 aliphatic heterocycles. The topological polar surface area (TPSA) is 208 Å². The Labute approximate surface area is 454 Å². The van der Waals surface area contributed by atoms with Crippen LogP contribution in [0.15, 0.2) is 89.2 Å². The van der Waals surface area contributed by atoms with Gasteiger partial charge in [-0.3, -0.25) is 34.0 Å². The van der Waals surface area contributed by atoms with E-state index in [9.17, 15) is 9.59 Å². The van der Waals surface area contributed by atoms with E-state index in [1.807, 2.05) is 20.2 Å². The summed E-state index contributed by atoms with van der Waals surface area (Å²) in [7, 11) is 5.82. The molecule has 0 atom stereocenters. The second kappa shape index (κ2) is 23.8. The third kappa shape index (κ3) is 12.1. The molecule has 4 N–H and O–H groups in total. The quantitative estimate of drug-likeness (QED) is 0.0754. The van der Waals surface area contributed by atoms with Gasteiger partial charge in [-0.05, 0) is 112 Å². The molecule has 0 unspecified atom stereocenters. The molecule has 7 aromatic rings. The van der Waals surface area contributed by atoms with E-state index in [-0.39, 0.29) is 36.6 Å². The van der Waals surface area contributed by atoms with Crippen molar-refractivity contribution in [2.45, 2.75) is 103 Å². The van der Waals surface area contributed by atoms with Gasteiger partial charge < -0.3 is 44.2 Å². The Morgan fingerprint density at radius 1 is 0.756 bits per heavy atom. The minimum Gasteiger partial charge on any atom is -0.393 e. The van der Waals surface area contributed by atoms with E-state index in [1.54, 1.807) is 48.4 Å². The number of pyridine rings is 2. The van der Waals surface area contributed by atoms with E-state index in [0.29, 0.717) is 50.7 Å². The number of aryl methyl sites for hydroxylation is 2. The molecule has 78 heavy (non-hydrogen) atoms. The highest BCUT2D eigenvalue weighted by molar-refractivity contribution is 6.08. The number of aromatic nitrogens is 8. The highest BCUT2D eigenvalue weighted by Gasteiger charge is 2.27. The van der Waals surface area contributed by atoms with Crippen LogP contribution in [0.5, 0.6) is 0 Å². The van der Waals surface area contributed by atoms with Gasteiger partial charge >= 0.3 is 0 Å². The number of morpholine rings is 1. The normalized spacial score (nSPS) is 20.0. The molecule has 4 aliphatic rings. The molecular weight excluding hydrogens is 983 g/mol. The number of benzene rings is 2. The number of aromatic amines is 2. The first kappa shape index (κ1) is 52.9. The summed E-state index contributed by atoms with van der Waals surface area (Å²) in [4.78, 5) is 62.4. The van der Waals surface area contributed by atoms with Crippen molar-refractivity contribution in [2.75, 3.05) is 66.6 Å². The van der Waals surface area contributed by atoms with Gasteiger partial charge in [-0.2, -0.15) is 15.1 Å². The van der Waals surface area contributed by atoms with Crippen molar-refractivity contribution in [1.29, 1.82) is 5.41 Å². The summed E-state index contributed by atoms with van der Waals surface area (Å²) < 4.78 is 18.6. The number of nitrogens with zero attached hydrogens (tertiary/aromatic N) is 11. The fourth-order valence-electron chi connectivity index (χ4n) is 11.8. The summed E-state index contributed by atoms with van der Waals surface area (Å²) in [5, 5.41) is 15.6. The van der Waals surface area contributed by atoms with E-state index in [1.165, 1.54) is 23.8 Å². The molecule has 19 heteroatoms. The number of likely N-dealkylation sites (N-methyl/N-ethyl adjacent to an activating group) is 1. The summed E-state index contributed by atoms with van der Waals surface area (Å²) in [6.45, 7) is 11.1. The van der Waals surface area contributed by atoms with Crippen molar-refractivity contribution in [2.24, 2.45) is 17.0 Å². The number of carbonyl (C=O) groups excluding carboxylic acids is 2. The predicted molar refractivity (Wildman–Crippen MR) is 301 cm³/mol. The van der Waals surface area contributed by atoms with Crippen LogP contribution < -0.4 is 16.6 Å². The number of fused-ring (bicyclic) bond motifs is 2. The van der Waals surface area contributed by atoms with Crippen LogP contribution in [0.25, 0.3) is 38.9 Å². The van der Waals surface area contributed by atoms with Crippen molar-refractivity contribution in [3.63, 3.8) is 0 Å². The Bertz CT molecular complexity index is 3480. The zero-order valence-electron chi connectivity index (χ0n) is 45.5. The summed E-state index contributed by atoms with van der Waals surface area (Å²) in [6, 6.07) is 20.4. The summed E-state index contributed by atoms with van der Waals surface area (Å²) >= 11 is 0. The Morgan fingerprint density at radius 3 is 1.97 bits per heavy atom. The minimum atomic E-state index is -0.389. The van der Waals surface area contributed by atoms with Crippen molar-refractivity contribution in [1.82, 2.24) is 58.9 Å². The number of nitrogens with one attached hydrogen (secondary N) is 4. The summed E-state index contributed by atoms with van der Waals surface area (Å²) in [5.41, 5.74) is 12.1. The van der Waals surface area contributed by atoms with E-state index in [2.05, 4.69) is 87.7 Å². The van der Waals surface area contributed by atoms with Gasteiger partial charge in [0, 0.05) is 125 Å². The molecule has 7 heterocycles. The maximum atomic E-state index is 14.6. The molecule has 11 rings (SSSR count). The van der Waals surface area contributed by atoms with Crippen LogP contribution in [0, 0.1) is 12.3 Å². The lowest BCUT2D eigenvalue weighted by atomic mass is 9.92. The van der Waals surface area contributed by atoms with E-state index < -0.39 is 0 Å². The molecule has 5 aromatic heterocycles. The molecule has 0 spiro atoms. The van der Waals surface area contributed by atoms with Gasteiger partial charge in [0.15, 0.2) is 0 Å². The van der Waals surface area contributed by atoms with E-state index in [0.717, 1.165) is 145 Å². The first-order chi connectivity index (χ1) is 38.0. The van der Waals surface area contributed by atoms with Crippen LogP contribution in [0.4, 0.5) is 0 Å². The van der Waals surface area contributed by atoms with Crippen LogP contribution in [0.3, 0.4) is 0 Å². The Morgan fingerprint density at radius 2 is 1.37 bits per heavy atom. The van der Waals surface area contributed by atoms with Gasteiger partial charge in [-0.25, -0.2) is 0 Å². The van der Waals surface area contributed by atoms with Gasteiger partial charge in [0.1, 0.15) is 0 Å². The monoisotopic (exact) mass is 1060 g/mol. The molecule has 0 radical (unpaired) electrons. The second-order valence-corrected chi connectivity index (χ2v) is 21.7. The Balaban J connectivity index is 0.852. The number of carbonyl (C=O) groups is 2. The average Bonchev–Trinajstić information content (AvgIpc) is 4.32. The molecule has 408 valence electrons. The number of ether oxygens (including phenoxy) is 2. The smallest absolute Gasteiger partial charge is 0.280 e. The third-order valence-electron chi connectivity index (χ3n) is 16.0. The lowest BCUT2D eigenvalue weighted by Gasteiger charge is -2.32. The van der Waals surface area contributed by atoms with Gasteiger partial charge in [-0.15, -0.1) is 0 Å². The van der Waals surface area contributed by atoms with Crippen LogP contribution >= 0.6 is 0 Å². The summed E-state index contributed by atoms with van der Waals surface area (Å²) in [5.74, 6) is -0.748. The molecular formula is C59H73N15O4. The standard InChI is InChI=1S/C59H73N15O4/c1-39-26-42(30-53(63-39)45-34-62-70(4)37-45)56(75)67-59-66-51-17-11-41(36-72-22-24-77-25-23-72)28-55(51)74(59)48-12-14-49(15-13-48)78-38-46-29-43(31-52(64-46)44(32-60)33-61-2)57(76)68-58-65-50-16-10-40(35-71-20-18-69(3)19-21-71)27-54(50)73(58)47-8-6-5-7-9-47/h10-11,16-17,26-34,37,47-49,60-61H,5-9,12-15,18-25,35-36,38H2,1-4H3,(H,65,68,76)(H,66,67,75)/b44-33+,60-32?/t48-,49+. The lowest BCUT2D eigenvalue weighted by Crippen LogP contribution is -2.43. The number of hydrogen-bond donors (Lipinski definition) is 4. The molecule has 2 saturated carbocycles. The van der Waals surface area contributed by atoms with E-state index in [4.69, 9.17) is 34.8 Å². The maximum absolute atomic E-state index is 14.6. The number of imidazole rings is 2. The summed E-state index contributed by atoms with van der Waals surface area (Å²) in [6.07, 6.45) is 15.1. The van der Waals surface area contributed by atoms with Crippen LogP contribution in [0.1, 0.15) is 119 Å². The molecule has 2 aliphatic carbocycles. The fraction of sp³-hybridized carbons (Fsp3) is 0.458. The number of amides is 2. The van der Waals surface area contributed by atoms with Crippen molar-refractivity contribution in [3.05, 3.63) is 130 Å². The minimum absolute atomic E-state index is 0.0348. The second-order valence-electron chi connectivity index (χ2n) is 21.7. The third-order valence-corrected chi connectivity index (χ3v) is 16.0. The highest BCUT2D eigenvalue weighted by Crippen LogP contribution is 2.34.